The van der Waals surface area contributed by atoms with E-state index in [9.17, 15) is 8.42 Å². The molecule has 0 radical (unpaired) electrons. The van der Waals surface area contributed by atoms with Gasteiger partial charge >= 0.3 is 0 Å². The van der Waals surface area contributed by atoms with E-state index < -0.39 is 10.0 Å². The molecule has 0 heterocycles. The van der Waals surface area contributed by atoms with E-state index in [1.54, 1.807) is 31.3 Å². The number of sulfonamides is 1. The van der Waals surface area contributed by atoms with Gasteiger partial charge in [0.05, 0.1) is 11.5 Å². The van der Waals surface area contributed by atoms with Gasteiger partial charge in [-0.05, 0) is 30.4 Å². The predicted octanol–water partition coefficient (Wildman–Crippen LogP) is 1.19. The van der Waals surface area contributed by atoms with E-state index in [2.05, 4.69) is 0 Å². The summed E-state index contributed by atoms with van der Waals surface area (Å²) in [7, 11) is -1.92. The number of rotatable bonds is 8. The first kappa shape index (κ1) is 15.4. The maximum atomic E-state index is 12.5. The van der Waals surface area contributed by atoms with Crippen LogP contribution in [0.4, 0.5) is 0 Å². The van der Waals surface area contributed by atoms with Crippen molar-refractivity contribution in [3.63, 3.8) is 0 Å². The zero-order chi connectivity index (χ0) is 14.6. The fraction of sp³-hybridized carbons (Fsp3) is 0.571. The van der Waals surface area contributed by atoms with Crippen molar-refractivity contribution in [2.45, 2.75) is 24.3 Å². The van der Waals surface area contributed by atoms with E-state index in [0.717, 1.165) is 6.61 Å². The first-order valence-corrected chi connectivity index (χ1v) is 8.31. The molecule has 2 N–H and O–H groups in total. The molecule has 112 valence electrons. The van der Waals surface area contributed by atoms with E-state index in [0.29, 0.717) is 24.6 Å². The fourth-order valence-electron chi connectivity index (χ4n) is 1.94. The van der Waals surface area contributed by atoms with Crippen molar-refractivity contribution >= 4 is 10.0 Å². The number of nitrogens with two attached hydrogens (primary N) is 1. The number of benzene rings is 1. The lowest BCUT2D eigenvalue weighted by atomic mass is 10.2. The summed E-state index contributed by atoms with van der Waals surface area (Å²) >= 11 is 0. The van der Waals surface area contributed by atoms with Gasteiger partial charge < -0.3 is 10.5 Å². The summed E-state index contributed by atoms with van der Waals surface area (Å²) in [6.45, 7) is 1.74. The number of likely N-dealkylation sites (N-methyl/N-ethyl adjacent to an activating group) is 1. The molecule has 6 heteroatoms. The molecule has 1 saturated carbocycles. The number of hydrogen-bond donors (Lipinski definition) is 1. The Labute approximate surface area is 120 Å². The second kappa shape index (κ2) is 6.67. The molecule has 1 aromatic carbocycles. The van der Waals surface area contributed by atoms with Crippen LogP contribution >= 0.6 is 0 Å². The fourth-order valence-corrected chi connectivity index (χ4v) is 3.32. The highest BCUT2D eigenvalue weighted by Gasteiger charge is 2.24. The third-order valence-electron chi connectivity index (χ3n) is 3.48. The van der Waals surface area contributed by atoms with Crippen molar-refractivity contribution in [2.75, 3.05) is 26.8 Å². The molecule has 1 aliphatic carbocycles. The average molecular weight is 298 g/mol. The molecule has 0 spiro atoms. The Morgan fingerprint density at radius 1 is 1.35 bits per heavy atom. The minimum absolute atomic E-state index is 0.210. The Hall–Kier alpha value is -0.950. The SMILES string of the molecule is CN(CCOCC1CC1)S(=O)(=O)c1ccccc1CN. The van der Waals surface area contributed by atoms with E-state index >= 15 is 0 Å². The van der Waals surface area contributed by atoms with Crippen LogP contribution in [0, 0.1) is 5.92 Å². The molecule has 1 fully saturated rings. The second-order valence-electron chi connectivity index (χ2n) is 5.16. The highest BCUT2D eigenvalue weighted by Crippen LogP contribution is 2.28. The van der Waals surface area contributed by atoms with Crippen molar-refractivity contribution in [1.82, 2.24) is 4.31 Å². The van der Waals surface area contributed by atoms with Gasteiger partial charge in [-0.2, -0.15) is 4.31 Å². The normalized spacial score (nSPS) is 15.8. The molecule has 0 saturated heterocycles. The van der Waals surface area contributed by atoms with Gasteiger partial charge in [0.25, 0.3) is 0 Å². The molecular weight excluding hydrogens is 276 g/mol. The summed E-state index contributed by atoms with van der Waals surface area (Å²) < 4.78 is 31.7. The molecule has 0 unspecified atom stereocenters. The number of hydrogen-bond acceptors (Lipinski definition) is 4. The van der Waals surface area contributed by atoms with Gasteiger partial charge in [0.15, 0.2) is 0 Å². The van der Waals surface area contributed by atoms with E-state index in [1.807, 2.05) is 0 Å². The average Bonchev–Trinajstić information content (AvgIpc) is 3.27. The maximum absolute atomic E-state index is 12.5. The van der Waals surface area contributed by atoms with Crippen LogP contribution in [-0.2, 0) is 21.3 Å². The highest BCUT2D eigenvalue weighted by molar-refractivity contribution is 7.89. The minimum atomic E-state index is -3.49. The van der Waals surface area contributed by atoms with Crippen LogP contribution in [0.25, 0.3) is 0 Å². The van der Waals surface area contributed by atoms with Gasteiger partial charge in [-0.25, -0.2) is 8.42 Å². The third kappa shape index (κ3) is 3.79. The van der Waals surface area contributed by atoms with Crippen LogP contribution in [0.2, 0.25) is 0 Å². The Morgan fingerprint density at radius 2 is 2.05 bits per heavy atom. The Balaban J connectivity index is 1.96. The first-order valence-electron chi connectivity index (χ1n) is 6.87. The molecule has 0 atom stereocenters. The van der Waals surface area contributed by atoms with Crippen LogP contribution in [0.5, 0.6) is 0 Å². The van der Waals surface area contributed by atoms with Crippen molar-refractivity contribution < 1.29 is 13.2 Å². The lowest BCUT2D eigenvalue weighted by Gasteiger charge is -2.19. The first-order chi connectivity index (χ1) is 9.55. The largest absolute Gasteiger partial charge is 0.380 e. The van der Waals surface area contributed by atoms with Gasteiger partial charge in [0, 0.05) is 26.7 Å². The molecule has 0 aliphatic heterocycles. The molecule has 5 nitrogen and oxygen atoms in total. The third-order valence-corrected chi connectivity index (χ3v) is 5.44. The Bertz CT molecular complexity index is 541. The van der Waals surface area contributed by atoms with Crippen molar-refractivity contribution in [3.8, 4) is 0 Å². The summed E-state index contributed by atoms with van der Waals surface area (Å²) in [4.78, 5) is 0.284. The molecule has 0 amide bonds. The van der Waals surface area contributed by atoms with Gasteiger partial charge in [-0.15, -0.1) is 0 Å². The minimum Gasteiger partial charge on any atom is -0.380 e. The Kier molecular flexibility index (Phi) is 5.15. The van der Waals surface area contributed by atoms with Crippen LogP contribution in [0.15, 0.2) is 29.2 Å². The van der Waals surface area contributed by atoms with Crippen molar-refractivity contribution in [3.05, 3.63) is 29.8 Å². The maximum Gasteiger partial charge on any atom is 0.243 e. The summed E-state index contributed by atoms with van der Waals surface area (Å²) in [5.74, 6) is 0.690. The lowest BCUT2D eigenvalue weighted by molar-refractivity contribution is 0.117. The van der Waals surface area contributed by atoms with Gasteiger partial charge in [0.2, 0.25) is 10.0 Å². The standard InChI is InChI=1S/C14H22N2O3S/c1-16(8-9-19-11-12-6-7-12)20(17,18)14-5-3-2-4-13(14)10-15/h2-5,12H,6-11,15H2,1H3. The number of ether oxygens (including phenoxy) is 1. The van der Waals surface area contributed by atoms with Gasteiger partial charge in [-0.3, -0.25) is 0 Å². The van der Waals surface area contributed by atoms with E-state index in [1.165, 1.54) is 17.1 Å². The topological polar surface area (TPSA) is 72.6 Å². The van der Waals surface area contributed by atoms with Crippen molar-refractivity contribution in [2.24, 2.45) is 11.7 Å². The summed E-state index contributed by atoms with van der Waals surface area (Å²) in [6.07, 6.45) is 2.47. The quantitative estimate of drug-likeness (QED) is 0.732. The highest BCUT2D eigenvalue weighted by atomic mass is 32.2. The second-order valence-corrected chi connectivity index (χ2v) is 7.17. The molecule has 20 heavy (non-hydrogen) atoms. The van der Waals surface area contributed by atoms with Gasteiger partial charge in [-0.1, -0.05) is 18.2 Å². The molecule has 0 aromatic heterocycles. The van der Waals surface area contributed by atoms with Crippen LogP contribution in [0.1, 0.15) is 18.4 Å². The summed E-state index contributed by atoms with van der Waals surface area (Å²) in [5, 5.41) is 0. The van der Waals surface area contributed by atoms with Crippen molar-refractivity contribution in [1.29, 1.82) is 0 Å². The molecule has 1 aromatic rings. The van der Waals surface area contributed by atoms with Gasteiger partial charge in [0.1, 0.15) is 0 Å². The zero-order valence-electron chi connectivity index (χ0n) is 11.8. The monoisotopic (exact) mass is 298 g/mol. The van der Waals surface area contributed by atoms with Crippen LogP contribution in [-0.4, -0.2) is 39.5 Å². The Morgan fingerprint density at radius 3 is 2.70 bits per heavy atom. The zero-order valence-corrected chi connectivity index (χ0v) is 12.6. The summed E-state index contributed by atoms with van der Waals surface area (Å²) in [5.41, 5.74) is 6.24. The van der Waals surface area contributed by atoms with Crippen LogP contribution < -0.4 is 5.73 Å². The number of nitrogens with zero attached hydrogens (tertiary/aromatic N) is 1. The molecule has 1 aliphatic rings. The van der Waals surface area contributed by atoms with E-state index in [4.69, 9.17) is 10.5 Å². The summed E-state index contributed by atoms with van der Waals surface area (Å²) in [6, 6.07) is 6.84. The predicted molar refractivity (Wildman–Crippen MR) is 77.7 cm³/mol. The van der Waals surface area contributed by atoms with Crippen LogP contribution in [0.3, 0.4) is 0 Å². The molecular formula is C14H22N2O3S. The molecule has 2 rings (SSSR count). The smallest absolute Gasteiger partial charge is 0.243 e. The van der Waals surface area contributed by atoms with E-state index in [-0.39, 0.29) is 11.4 Å². The lowest BCUT2D eigenvalue weighted by Crippen LogP contribution is -2.31. The molecule has 0 bridgehead atoms.